The van der Waals surface area contributed by atoms with E-state index in [1.807, 2.05) is 19.1 Å². The van der Waals surface area contributed by atoms with Crippen LogP contribution in [0.3, 0.4) is 0 Å². The zero-order chi connectivity index (χ0) is 19.6. The first-order valence-corrected chi connectivity index (χ1v) is 10.2. The molecule has 7 heteroatoms. The molecule has 0 amide bonds. The Morgan fingerprint density at radius 2 is 1.89 bits per heavy atom. The molecule has 6 nitrogen and oxygen atoms in total. The number of benzene rings is 2. The summed E-state index contributed by atoms with van der Waals surface area (Å²) in [6.45, 7) is 3.97. The van der Waals surface area contributed by atoms with Gasteiger partial charge in [-0.1, -0.05) is 23.8 Å². The number of ether oxygens (including phenoxy) is 2. The molecule has 0 aliphatic carbocycles. The van der Waals surface area contributed by atoms with E-state index in [9.17, 15) is 13.2 Å². The van der Waals surface area contributed by atoms with Crippen LogP contribution in [0, 0.1) is 6.92 Å². The van der Waals surface area contributed by atoms with Gasteiger partial charge in [-0.15, -0.1) is 0 Å². The Hall–Kier alpha value is -2.38. The van der Waals surface area contributed by atoms with Crippen LogP contribution in [-0.4, -0.2) is 39.0 Å². The third-order valence-electron chi connectivity index (χ3n) is 4.67. The third kappa shape index (κ3) is 3.70. The van der Waals surface area contributed by atoms with Gasteiger partial charge < -0.3 is 9.47 Å². The second kappa shape index (κ2) is 7.70. The highest BCUT2D eigenvalue weighted by molar-refractivity contribution is 7.89. The molecule has 0 N–H and O–H groups in total. The SMILES string of the molecule is CCOC(=O)C1c2cc(OC)ccc2CCN1S(=O)(=O)c1ccc(C)cc1. The van der Waals surface area contributed by atoms with Gasteiger partial charge in [-0.3, -0.25) is 0 Å². The summed E-state index contributed by atoms with van der Waals surface area (Å²) in [7, 11) is -2.33. The second-order valence-corrected chi connectivity index (χ2v) is 8.29. The van der Waals surface area contributed by atoms with E-state index in [4.69, 9.17) is 9.47 Å². The Bertz CT molecular complexity index is 937. The average molecular weight is 389 g/mol. The maximum atomic E-state index is 13.3. The molecule has 2 aromatic carbocycles. The average Bonchev–Trinajstić information content (AvgIpc) is 2.67. The second-order valence-electron chi connectivity index (χ2n) is 6.40. The lowest BCUT2D eigenvalue weighted by Crippen LogP contribution is -2.44. The van der Waals surface area contributed by atoms with Gasteiger partial charge in [-0.2, -0.15) is 4.31 Å². The lowest BCUT2D eigenvalue weighted by molar-refractivity contribution is -0.148. The molecule has 2 aromatic rings. The number of aryl methyl sites for hydroxylation is 1. The highest BCUT2D eigenvalue weighted by Crippen LogP contribution is 2.37. The number of hydrogen-bond donors (Lipinski definition) is 0. The van der Waals surface area contributed by atoms with Gasteiger partial charge in [-0.25, -0.2) is 13.2 Å². The number of rotatable bonds is 5. The Labute approximate surface area is 159 Å². The van der Waals surface area contributed by atoms with Crippen molar-refractivity contribution in [2.45, 2.75) is 31.2 Å². The Balaban J connectivity index is 2.10. The van der Waals surface area contributed by atoms with Gasteiger partial charge >= 0.3 is 5.97 Å². The summed E-state index contributed by atoms with van der Waals surface area (Å²) in [6.07, 6.45) is 0.514. The molecule has 27 heavy (non-hydrogen) atoms. The van der Waals surface area contributed by atoms with E-state index in [0.29, 0.717) is 17.7 Å². The number of sulfonamides is 1. The summed E-state index contributed by atoms with van der Waals surface area (Å²) in [5.74, 6) is -0.0139. The van der Waals surface area contributed by atoms with Crippen LogP contribution >= 0.6 is 0 Å². The molecule has 1 atom stereocenters. The van der Waals surface area contributed by atoms with E-state index in [-0.39, 0.29) is 18.0 Å². The van der Waals surface area contributed by atoms with Gasteiger partial charge in [0.15, 0.2) is 0 Å². The number of methoxy groups -OCH3 is 1. The first-order valence-electron chi connectivity index (χ1n) is 8.80. The summed E-state index contributed by atoms with van der Waals surface area (Å²) in [4.78, 5) is 12.9. The minimum atomic E-state index is -3.86. The van der Waals surface area contributed by atoms with E-state index in [0.717, 1.165) is 11.1 Å². The Kier molecular flexibility index (Phi) is 5.53. The summed E-state index contributed by atoms with van der Waals surface area (Å²) in [6, 6.07) is 11.0. The summed E-state index contributed by atoms with van der Waals surface area (Å²) in [5, 5.41) is 0. The lowest BCUT2D eigenvalue weighted by Gasteiger charge is -2.35. The topological polar surface area (TPSA) is 72.9 Å². The van der Waals surface area contributed by atoms with Crippen LogP contribution in [-0.2, 0) is 26.0 Å². The van der Waals surface area contributed by atoms with Crippen LogP contribution in [0.1, 0.15) is 29.7 Å². The zero-order valence-corrected chi connectivity index (χ0v) is 16.5. The highest BCUT2D eigenvalue weighted by atomic mass is 32.2. The standard InChI is InChI=1S/C20H23NO5S/c1-4-26-20(22)19-18-13-16(25-3)8-7-15(18)11-12-21(19)27(23,24)17-9-5-14(2)6-10-17/h5-10,13,19H,4,11-12H2,1-3H3. The van der Waals surface area contributed by atoms with Crippen molar-refractivity contribution < 1.29 is 22.7 Å². The van der Waals surface area contributed by atoms with Crippen molar-refractivity contribution in [1.29, 1.82) is 0 Å². The smallest absolute Gasteiger partial charge is 0.329 e. The van der Waals surface area contributed by atoms with Crippen LogP contribution in [0.5, 0.6) is 5.75 Å². The van der Waals surface area contributed by atoms with E-state index < -0.39 is 22.0 Å². The van der Waals surface area contributed by atoms with E-state index in [1.165, 1.54) is 11.4 Å². The molecule has 1 heterocycles. The molecule has 0 saturated carbocycles. The fourth-order valence-corrected chi connectivity index (χ4v) is 4.83. The number of fused-ring (bicyclic) bond motifs is 1. The molecular weight excluding hydrogens is 366 g/mol. The minimum Gasteiger partial charge on any atom is -0.497 e. The molecule has 0 saturated heterocycles. The molecule has 0 bridgehead atoms. The quantitative estimate of drug-likeness (QED) is 0.735. The largest absolute Gasteiger partial charge is 0.497 e. The lowest BCUT2D eigenvalue weighted by atomic mass is 9.94. The predicted molar refractivity (Wildman–Crippen MR) is 101 cm³/mol. The van der Waals surface area contributed by atoms with Crippen LogP contribution in [0.2, 0.25) is 0 Å². The molecule has 1 aliphatic rings. The molecule has 1 unspecified atom stereocenters. The van der Waals surface area contributed by atoms with Gasteiger partial charge in [0.05, 0.1) is 18.6 Å². The first kappa shape index (κ1) is 19.4. The summed E-state index contributed by atoms with van der Waals surface area (Å²) < 4.78 is 38.2. The number of esters is 1. The third-order valence-corrected chi connectivity index (χ3v) is 6.55. The van der Waals surface area contributed by atoms with Crippen molar-refractivity contribution in [2.24, 2.45) is 0 Å². The van der Waals surface area contributed by atoms with Gasteiger partial charge in [0.1, 0.15) is 11.8 Å². The molecular formula is C20H23NO5S. The molecule has 3 rings (SSSR count). The molecule has 0 aromatic heterocycles. The predicted octanol–water partition coefficient (Wildman–Crippen LogP) is 2.85. The first-order chi connectivity index (χ1) is 12.9. The van der Waals surface area contributed by atoms with Crippen LogP contribution in [0.25, 0.3) is 0 Å². The Morgan fingerprint density at radius 1 is 1.19 bits per heavy atom. The fraction of sp³-hybridized carbons (Fsp3) is 0.350. The number of hydrogen-bond acceptors (Lipinski definition) is 5. The molecule has 0 spiro atoms. The van der Waals surface area contributed by atoms with Crippen LogP contribution in [0.4, 0.5) is 0 Å². The van der Waals surface area contributed by atoms with E-state index in [1.54, 1.807) is 37.3 Å². The van der Waals surface area contributed by atoms with Crippen molar-refractivity contribution in [2.75, 3.05) is 20.3 Å². The van der Waals surface area contributed by atoms with Crippen LogP contribution in [0.15, 0.2) is 47.4 Å². The molecule has 0 fully saturated rings. The number of carbonyl (C=O) groups is 1. The Morgan fingerprint density at radius 3 is 2.52 bits per heavy atom. The normalized spacial score (nSPS) is 17.2. The highest BCUT2D eigenvalue weighted by Gasteiger charge is 2.41. The monoisotopic (exact) mass is 389 g/mol. The van der Waals surface area contributed by atoms with Crippen molar-refractivity contribution in [3.63, 3.8) is 0 Å². The minimum absolute atomic E-state index is 0.161. The van der Waals surface area contributed by atoms with Crippen molar-refractivity contribution in [1.82, 2.24) is 4.31 Å². The van der Waals surface area contributed by atoms with Gasteiger partial charge in [0.25, 0.3) is 0 Å². The summed E-state index contributed by atoms with van der Waals surface area (Å²) >= 11 is 0. The molecule has 1 aliphatic heterocycles. The van der Waals surface area contributed by atoms with E-state index in [2.05, 4.69) is 0 Å². The maximum Gasteiger partial charge on any atom is 0.329 e. The van der Waals surface area contributed by atoms with E-state index >= 15 is 0 Å². The van der Waals surface area contributed by atoms with Gasteiger partial charge in [0.2, 0.25) is 10.0 Å². The fourth-order valence-electron chi connectivity index (χ4n) is 3.27. The molecule has 144 valence electrons. The summed E-state index contributed by atoms with van der Waals surface area (Å²) in [5.41, 5.74) is 2.49. The maximum absolute atomic E-state index is 13.3. The van der Waals surface area contributed by atoms with Crippen molar-refractivity contribution in [3.8, 4) is 5.75 Å². The van der Waals surface area contributed by atoms with Crippen molar-refractivity contribution in [3.05, 3.63) is 59.2 Å². The number of nitrogens with zero attached hydrogens (tertiary/aromatic N) is 1. The zero-order valence-electron chi connectivity index (χ0n) is 15.6. The van der Waals surface area contributed by atoms with Gasteiger partial charge in [-0.05, 0) is 55.7 Å². The van der Waals surface area contributed by atoms with Crippen LogP contribution < -0.4 is 4.74 Å². The van der Waals surface area contributed by atoms with Crippen molar-refractivity contribution >= 4 is 16.0 Å². The molecule has 0 radical (unpaired) electrons. The van der Waals surface area contributed by atoms with Gasteiger partial charge in [0, 0.05) is 6.54 Å². The number of carbonyl (C=O) groups excluding carboxylic acids is 1.